The number of nitrogen functional groups attached to an aromatic ring is 1. The van der Waals surface area contributed by atoms with E-state index in [1.54, 1.807) is 30.5 Å². The molecule has 3 aromatic rings. The van der Waals surface area contributed by atoms with Gasteiger partial charge in [-0.15, -0.1) is 0 Å². The Morgan fingerprint density at radius 3 is 2.54 bits per heavy atom. The van der Waals surface area contributed by atoms with Crippen molar-refractivity contribution in [2.24, 2.45) is 0 Å². The molecule has 3 N–H and O–H groups in total. The number of hydrogen-bond donors (Lipinski definition) is 2. The Morgan fingerprint density at radius 1 is 1.18 bits per heavy atom. The summed E-state index contributed by atoms with van der Waals surface area (Å²) in [7, 11) is 0. The van der Waals surface area contributed by atoms with Crippen LogP contribution >= 0.6 is 35.0 Å². The molecule has 1 atom stereocenters. The molecule has 1 aromatic carbocycles. The van der Waals surface area contributed by atoms with Gasteiger partial charge in [-0.25, -0.2) is 4.98 Å². The number of anilines is 2. The first-order valence-electron chi connectivity index (χ1n) is 12.6. The molecule has 202 valence electrons. The minimum Gasteiger partial charge on any atom is -0.486 e. The second-order valence-corrected chi connectivity index (χ2v) is 12.1. The molecule has 8 nitrogen and oxygen atoms in total. The summed E-state index contributed by atoms with van der Waals surface area (Å²) in [5, 5.41) is 19.6. The van der Waals surface area contributed by atoms with Gasteiger partial charge in [0.1, 0.15) is 23.7 Å². The number of nitriles is 1. The fourth-order valence-electron chi connectivity index (χ4n) is 5.21. The zero-order valence-corrected chi connectivity index (χ0v) is 24.1. The molecule has 2 aromatic heterocycles. The maximum Gasteiger partial charge on any atom is 0.146 e. The highest BCUT2D eigenvalue weighted by atomic mass is 35.5. The molecule has 0 aliphatic carbocycles. The molecule has 0 saturated carbocycles. The summed E-state index contributed by atoms with van der Waals surface area (Å²) < 4.78 is 6.10. The Balaban J connectivity index is 1.34. The van der Waals surface area contributed by atoms with Gasteiger partial charge in [0.2, 0.25) is 0 Å². The molecule has 2 aliphatic heterocycles. The lowest BCUT2D eigenvalue weighted by atomic mass is 9.89. The van der Waals surface area contributed by atoms with Crippen LogP contribution < -0.4 is 15.4 Å². The van der Waals surface area contributed by atoms with Gasteiger partial charge in [0.05, 0.1) is 26.9 Å². The zero-order valence-electron chi connectivity index (χ0n) is 21.7. The summed E-state index contributed by atoms with van der Waals surface area (Å²) in [4.78, 5) is 13.3. The Morgan fingerprint density at radius 2 is 1.87 bits per heavy atom. The number of ether oxygens (including phenoxy) is 1. The molecule has 39 heavy (non-hydrogen) atoms. The smallest absolute Gasteiger partial charge is 0.146 e. The SMILES string of the molecule is C[C@@H](Oc1ccc(N)c(C(=N)c2cnc(N3CC(C)(N4CCSCC4)C3)c(C#N)c2)c1)c1c(Cl)cncc1Cl. The molecule has 0 spiro atoms. The average Bonchev–Trinajstić information content (AvgIpc) is 2.92. The third-order valence-corrected chi connectivity index (χ3v) is 8.86. The maximum absolute atomic E-state index is 9.92. The van der Waals surface area contributed by atoms with Gasteiger partial charge in [-0.3, -0.25) is 15.3 Å². The van der Waals surface area contributed by atoms with E-state index < -0.39 is 6.10 Å². The van der Waals surface area contributed by atoms with Crippen molar-refractivity contribution in [1.29, 1.82) is 10.7 Å². The predicted molar refractivity (Wildman–Crippen MR) is 159 cm³/mol. The second kappa shape index (κ2) is 11.2. The number of hydrogen-bond acceptors (Lipinski definition) is 9. The molecule has 2 saturated heterocycles. The van der Waals surface area contributed by atoms with E-state index in [-0.39, 0.29) is 11.3 Å². The van der Waals surface area contributed by atoms with Crippen LogP contribution in [-0.4, -0.2) is 63.8 Å². The molecule has 0 unspecified atom stereocenters. The highest BCUT2D eigenvalue weighted by Crippen LogP contribution is 2.36. The molecule has 0 bridgehead atoms. The predicted octanol–water partition coefficient (Wildman–Crippen LogP) is 5.42. The minimum absolute atomic E-state index is 0.0948. The van der Waals surface area contributed by atoms with E-state index in [0.717, 1.165) is 37.7 Å². The molecule has 4 heterocycles. The van der Waals surface area contributed by atoms with E-state index in [0.29, 0.717) is 49.6 Å². The number of benzene rings is 1. The van der Waals surface area contributed by atoms with Crippen molar-refractivity contribution in [3.63, 3.8) is 0 Å². The van der Waals surface area contributed by atoms with Crippen LogP contribution in [0, 0.1) is 16.7 Å². The number of thioether (sulfide) groups is 1. The second-order valence-electron chi connectivity index (χ2n) is 10.1. The number of nitrogens with one attached hydrogen (secondary N) is 1. The number of nitrogens with zero attached hydrogens (tertiary/aromatic N) is 5. The molecule has 0 amide bonds. The van der Waals surface area contributed by atoms with E-state index in [2.05, 4.69) is 32.8 Å². The number of pyridine rings is 2. The summed E-state index contributed by atoms with van der Waals surface area (Å²) in [6, 6.07) is 9.11. The van der Waals surface area contributed by atoms with Crippen molar-refractivity contribution in [1.82, 2.24) is 14.9 Å². The highest BCUT2D eigenvalue weighted by Gasteiger charge is 2.45. The number of aromatic nitrogens is 2. The van der Waals surface area contributed by atoms with Gasteiger partial charge in [0.25, 0.3) is 0 Å². The Hall–Kier alpha value is -3.03. The molecule has 2 fully saturated rings. The monoisotopic (exact) mass is 581 g/mol. The van der Waals surface area contributed by atoms with E-state index >= 15 is 0 Å². The minimum atomic E-state index is -0.462. The highest BCUT2D eigenvalue weighted by molar-refractivity contribution is 7.99. The van der Waals surface area contributed by atoms with E-state index in [4.69, 9.17) is 39.1 Å². The number of halogens is 2. The lowest BCUT2D eigenvalue weighted by Crippen LogP contribution is -2.70. The van der Waals surface area contributed by atoms with E-state index in [1.807, 2.05) is 18.7 Å². The Labute approximate surface area is 242 Å². The van der Waals surface area contributed by atoms with Crippen molar-refractivity contribution in [3.05, 3.63) is 75.2 Å². The van der Waals surface area contributed by atoms with Gasteiger partial charge >= 0.3 is 0 Å². The van der Waals surface area contributed by atoms with Crippen LogP contribution in [0.25, 0.3) is 0 Å². The normalized spacial score (nSPS) is 17.7. The fraction of sp³-hybridized carbons (Fsp3) is 0.357. The summed E-state index contributed by atoms with van der Waals surface area (Å²) in [5.41, 5.74) is 8.96. The molecule has 5 rings (SSSR count). The Kier molecular flexibility index (Phi) is 7.92. The van der Waals surface area contributed by atoms with Gasteiger partial charge in [0.15, 0.2) is 0 Å². The third kappa shape index (κ3) is 5.52. The zero-order chi connectivity index (χ0) is 27.7. The van der Waals surface area contributed by atoms with Crippen LogP contribution in [0.2, 0.25) is 10.0 Å². The van der Waals surface area contributed by atoms with Crippen molar-refractivity contribution < 1.29 is 4.74 Å². The Bertz CT molecular complexity index is 1430. The summed E-state index contributed by atoms with van der Waals surface area (Å²) in [5.74, 6) is 3.48. The molecular formula is C28H29Cl2N7OS. The van der Waals surface area contributed by atoms with Crippen LogP contribution in [0.4, 0.5) is 11.5 Å². The van der Waals surface area contributed by atoms with Crippen molar-refractivity contribution >= 4 is 52.2 Å². The van der Waals surface area contributed by atoms with Crippen LogP contribution in [0.15, 0.2) is 42.9 Å². The summed E-state index contributed by atoms with van der Waals surface area (Å²) >= 11 is 14.6. The first-order chi connectivity index (χ1) is 18.7. The topological polar surface area (TPSA) is 115 Å². The van der Waals surface area contributed by atoms with E-state index in [9.17, 15) is 5.26 Å². The molecule has 0 radical (unpaired) electrons. The first-order valence-corrected chi connectivity index (χ1v) is 14.5. The number of rotatable bonds is 7. The average molecular weight is 583 g/mol. The fourth-order valence-corrected chi connectivity index (χ4v) is 6.79. The summed E-state index contributed by atoms with van der Waals surface area (Å²) in [6.45, 7) is 7.95. The maximum atomic E-state index is 9.92. The van der Waals surface area contributed by atoms with Gasteiger partial charge in [0, 0.05) is 78.7 Å². The van der Waals surface area contributed by atoms with E-state index in [1.165, 1.54) is 12.4 Å². The van der Waals surface area contributed by atoms with Gasteiger partial charge in [-0.1, -0.05) is 23.2 Å². The van der Waals surface area contributed by atoms with Gasteiger partial charge in [-0.05, 0) is 38.1 Å². The molecular weight excluding hydrogens is 553 g/mol. The van der Waals surface area contributed by atoms with Gasteiger partial charge < -0.3 is 15.4 Å². The quantitative estimate of drug-likeness (QED) is 0.280. The van der Waals surface area contributed by atoms with Gasteiger partial charge in [-0.2, -0.15) is 17.0 Å². The third-order valence-electron chi connectivity index (χ3n) is 7.32. The van der Waals surface area contributed by atoms with Crippen LogP contribution in [0.1, 0.15) is 42.2 Å². The van der Waals surface area contributed by atoms with Crippen LogP contribution in [-0.2, 0) is 0 Å². The van der Waals surface area contributed by atoms with Crippen molar-refractivity contribution in [3.8, 4) is 11.8 Å². The van der Waals surface area contributed by atoms with Crippen LogP contribution in [0.5, 0.6) is 5.75 Å². The largest absolute Gasteiger partial charge is 0.486 e. The molecule has 2 aliphatic rings. The number of nitrogens with two attached hydrogens (primary N) is 1. The lowest BCUT2D eigenvalue weighted by molar-refractivity contribution is 0.0852. The van der Waals surface area contributed by atoms with Crippen LogP contribution in [0.3, 0.4) is 0 Å². The standard InChI is InChI=1S/C28H29Cl2N7OS/c1-17(25-22(29)13-34-14-23(25)30)38-20-3-4-24(32)21(10-20)26(33)19-9-18(11-31)27(35-12-19)36-15-28(2,16-36)37-5-7-39-8-6-37/h3-4,9-10,12-14,17,33H,5-8,15-16,32H2,1-2H3/t17-/m1/s1. The summed E-state index contributed by atoms with van der Waals surface area (Å²) in [6.07, 6.45) is 4.21. The van der Waals surface area contributed by atoms with Crippen molar-refractivity contribution in [2.75, 3.05) is 48.3 Å². The molecule has 11 heteroatoms. The van der Waals surface area contributed by atoms with Crippen molar-refractivity contribution in [2.45, 2.75) is 25.5 Å². The lowest BCUT2D eigenvalue weighted by Gasteiger charge is -2.55. The first kappa shape index (κ1) is 27.5.